The van der Waals surface area contributed by atoms with E-state index in [4.69, 9.17) is 4.74 Å². The second kappa shape index (κ2) is 7.87. The first-order valence-electron chi connectivity index (χ1n) is 8.99. The molecule has 2 aliphatic rings. The van der Waals surface area contributed by atoms with Gasteiger partial charge in [0.05, 0.1) is 19.2 Å². The maximum atomic E-state index is 12.4. The summed E-state index contributed by atoms with van der Waals surface area (Å²) in [6, 6.07) is 7.89. The van der Waals surface area contributed by atoms with E-state index in [0.29, 0.717) is 13.2 Å². The van der Waals surface area contributed by atoms with Crippen LogP contribution in [-0.2, 0) is 9.59 Å². The molecular formula is C19H27N3O3. The van der Waals surface area contributed by atoms with Crippen molar-refractivity contribution in [3.8, 4) is 5.75 Å². The highest BCUT2D eigenvalue weighted by Crippen LogP contribution is 2.31. The van der Waals surface area contributed by atoms with E-state index in [1.54, 1.807) is 19.0 Å². The molecule has 1 aromatic rings. The highest BCUT2D eigenvalue weighted by atomic mass is 16.5. The fraction of sp³-hybridized carbons (Fsp3) is 0.579. The summed E-state index contributed by atoms with van der Waals surface area (Å²) in [6.45, 7) is 2.60. The molecule has 6 nitrogen and oxygen atoms in total. The van der Waals surface area contributed by atoms with Crippen molar-refractivity contribution >= 4 is 11.8 Å². The molecule has 1 unspecified atom stereocenters. The molecule has 1 N–H and O–H groups in total. The zero-order valence-corrected chi connectivity index (χ0v) is 15.0. The first-order chi connectivity index (χ1) is 12.0. The number of benzene rings is 1. The quantitative estimate of drug-likeness (QED) is 0.897. The maximum absolute atomic E-state index is 12.4. The summed E-state index contributed by atoms with van der Waals surface area (Å²) < 4.78 is 5.64. The highest BCUT2D eigenvalue weighted by Gasteiger charge is 2.28. The van der Waals surface area contributed by atoms with Crippen molar-refractivity contribution < 1.29 is 14.3 Å². The summed E-state index contributed by atoms with van der Waals surface area (Å²) in [5.74, 6) is 1.20. The third kappa shape index (κ3) is 4.31. The van der Waals surface area contributed by atoms with Crippen LogP contribution < -0.4 is 10.1 Å². The molecule has 2 aliphatic heterocycles. The molecule has 0 spiro atoms. The molecule has 0 radical (unpaired) electrons. The second-order valence-electron chi connectivity index (χ2n) is 7.08. The van der Waals surface area contributed by atoms with Crippen molar-refractivity contribution in [2.45, 2.75) is 25.3 Å². The number of carbonyl (C=O) groups is 2. The zero-order valence-electron chi connectivity index (χ0n) is 15.0. The van der Waals surface area contributed by atoms with E-state index in [0.717, 1.165) is 43.7 Å². The molecule has 2 amide bonds. The van der Waals surface area contributed by atoms with Gasteiger partial charge in [-0.25, -0.2) is 0 Å². The number of para-hydroxylation sites is 1. The summed E-state index contributed by atoms with van der Waals surface area (Å²) >= 11 is 0. The van der Waals surface area contributed by atoms with Gasteiger partial charge in [-0.15, -0.1) is 0 Å². The van der Waals surface area contributed by atoms with Gasteiger partial charge in [0.1, 0.15) is 5.75 Å². The van der Waals surface area contributed by atoms with Gasteiger partial charge in [0, 0.05) is 32.0 Å². The Hall–Kier alpha value is -2.08. The SMILES string of the molecule is CN(C)C(=O)C1CCN(CC(=O)NC2CCOc3ccccc32)CC1. The topological polar surface area (TPSA) is 61.9 Å². The Morgan fingerprint density at radius 3 is 2.64 bits per heavy atom. The number of hydrogen-bond acceptors (Lipinski definition) is 4. The van der Waals surface area contributed by atoms with E-state index in [2.05, 4.69) is 10.2 Å². The predicted octanol–water partition coefficient (Wildman–Crippen LogP) is 1.43. The molecule has 0 bridgehead atoms. The van der Waals surface area contributed by atoms with Crippen LogP contribution in [0.15, 0.2) is 24.3 Å². The number of nitrogens with zero attached hydrogens (tertiary/aromatic N) is 2. The number of fused-ring (bicyclic) bond motifs is 1. The number of likely N-dealkylation sites (tertiary alicyclic amines) is 1. The van der Waals surface area contributed by atoms with Crippen LogP contribution in [0.25, 0.3) is 0 Å². The number of amides is 2. The molecule has 0 aromatic heterocycles. The third-order valence-electron chi connectivity index (χ3n) is 5.04. The summed E-state index contributed by atoms with van der Waals surface area (Å²) in [4.78, 5) is 28.3. The minimum Gasteiger partial charge on any atom is -0.493 e. The lowest BCUT2D eigenvalue weighted by Gasteiger charge is -2.32. The summed E-state index contributed by atoms with van der Waals surface area (Å²) in [5.41, 5.74) is 1.05. The number of rotatable bonds is 4. The van der Waals surface area contributed by atoms with Crippen LogP contribution in [0.5, 0.6) is 5.75 Å². The lowest BCUT2D eigenvalue weighted by molar-refractivity contribution is -0.134. The van der Waals surface area contributed by atoms with E-state index in [1.807, 2.05) is 24.3 Å². The fourth-order valence-electron chi connectivity index (χ4n) is 3.64. The Bertz CT molecular complexity index is 624. The van der Waals surface area contributed by atoms with Crippen LogP contribution in [0.2, 0.25) is 0 Å². The second-order valence-corrected chi connectivity index (χ2v) is 7.08. The van der Waals surface area contributed by atoms with E-state index >= 15 is 0 Å². The standard InChI is InChI=1S/C19H27N3O3/c1-21(2)19(24)14-7-10-22(11-8-14)13-18(23)20-16-9-12-25-17-6-4-3-5-15(16)17/h3-6,14,16H,7-13H2,1-2H3,(H,20,23). The number of nitrogens with one attached hydrogen (secondary N) is 1. The number of ether oxygens (including phenoxy) is 1. The minimum absolute atomic E-state index is 0.0188. The molecule has 1 saturated heterocycles. The van der Waals surface area contributed by atoms with Gasteiger partial charge in [-0.1, -0.05) is 18.2 Å². The van der Waals surface area contributed by atoms with Gasteiger partial charge in [-0.3, -0.25) is 14.5 Å². The average molecular weight is 345 g/mol. The van der Waals surface area contributed by atoms with Crippen molar-refractivity contribution in [3.63, 3.8) is 0 Å². The normalized spacial score (nSPS) is 21.1. The summed E-state index contributed by atoms with van der Waals surface area (Å²) in [6.07, 6.45) is 2.44. The monoisotopic (exact) mass is 345 g/mol. The van der Waals surface area contributed by atoms with E-state index < -0.39 is 0 Å². The van der Waals surface area contributed by atoms with Crippen molar-refractivity contribution in [3.05, 3.63) is 29.8 Å². The van der Waals surface area contributed by atoms with Gasteiger partial charge >= 0.3 is 0 Å². The Kier molecular flexibility index (Phi) is 5.58. The summed E-state index contributed by atoms with van der Waals surface area (Å²) in [7, 11) is 3.60. The van der Waals surface area contributed by atoms with Crippen LogP contribution in [0.1, 0.15) is 30.9 Å². The fourth-order valence-corrected chi connectivity index (χ4v) is 3.64. The Balaban J connectivity index is 1.49. The van der Waals surface area contributed by atoms with Gasteiger partial charge in [0.15, 0.2) is 0 Å². The van der Waals surface area contributed by atoms with Gasteiger partial charge in [-0.2, -0.15) is 0 Å². The van der Waals surface area contributed by atoms with E-state index in [1.165, 1.54) is 0 Å². The van der Waals surface area contributed by atoms with Crippen LogP contribution >= 0.6 is 0 Å². The van der Waals surface area contributed by atoms with E-state index in [-0.39, 0.29) is 23.8 Å². The Morgan fingerprint density at radius 2 is 1.92 bits per heavy atom. The van der Waals surface area contributed by atoms with Gasteiger partial charge < -0.3 is 15.0 Å². The van der Waals surface area contributed by atoms with Gasteiger partial charge in [0.2, 0.25) is 11.8 Å². The van der Waals surface area contributed by atoms with Crippen LogP contribution in [0.4, 0.5) is 0 Å². The average Bonchev–Trinajstić information content (AvgIpc) is 2.62. The molecule has 0 saturated carbocycles. The Morgan fingerprint density at radius 1 is 1.20 bits per heavy atom. The largest absolute Gasteiger partial charge is 0.493 e. The van der Waals surface area contributed by atoms with E-state index in [9.17, 15) is 9.59 Å². The molecule has 1 aromatic carbocycles. The molecule has 1 fully saturated rings. The third-order valence-corrected chi connectivity index (χ3v) is 5.04. The zero-order chi connectivity index (χ0) is 17.8. The van der Waals surface area contributed by atoms with Crippen molar-refractivity contribution in [2.24, 2.45) is 5.92 Å². The van der Waals surface area contributed by atoms with Crippen molar-refractivity contribution in [1.82, 2.24) is 15.1 Å². The molecule has 1 atom stereocenters. The number of piperidine rings is 1. The first kappa shape index (κ1) is 17.7. The minimum atomic E-state index is 0.0188. The van der Waals surface area contributed by atoms with Crippen LogP contribution in [0, 0.1) is 5.92 Å². The number of hydrogen-bond donors (Lipinski definition) is 1. The van der Waals surface area contributed by atoms with Gasteiger partial charge in [-0.05, 0) is 32.0 Å². The van der Waals surface area contributed by atoms with Crippen molar-refractivity contribution in [2.75, 3.05) is 40.3 Å². The lowest BCUT2D eigenvalue weighted by atomic mass is 9.95. The molecular weight excluding hydrogens is 318 g/mol. The van der Waals surface area contributed by atoms with Crippen molar-refractivity contribution in [1.29, 1.82) is 0 Å². The molecule has 136 valence electrons. The predicted molar refractivity (Wildman–Crippen MR) is 95.3 cm³/mol. The first-order valence-corrected chi connectivity index (χ1v) is 8.99. The maximum Gasteiger partial charge on any atom is 0.234 e. The highest BCUT2D eigenvalue weighted by molar-refractivity contribution is 5.79. The molecule has 2 heterocycles. The molecule has 25 heavy (non-hydrogen) atoms. The smallest absolute Gasteiger partial charge is 0.234 e. The molecule has 0 aliphatic carbocycles. The van der Waals surface area contributed by atoms with Crippen LogP contribution in [-0.4, -0.2) is 62.0 Å². The van der Waals surface area contributed by atoms with Gasteiger partial charge in [0.25, 0.3) is 0 Å². The lowest BCUT2D eigenvalue weighted by Crippen LogP contribution is -2.45. The molecule has 6 heteroatoms. The van der Waals surface area contributed by atoms with Crippen LogP contribution in [0.3, 0.4) is 0 Å². The summed E-state index contributed by atoms with van der Waals surface area (Å²) in [5, 5.41) is 3.14. The number of carbonyl (C=O) groups excluding carboxylic acids is 2. The Labute approximate surface area is 149 Å². The molecule has 3 rings (SSSR count).